The number of amides is 1. The van der Waals surface area contributed by atoms with Crippen LogP contribution in [0.15, 0.2) is 89.9 Å². The first-order chi connectivity index (χ1) is 15.2. The van der Waals surface area contributed by atoms with Crippen molar-refractivity contribution in [2.24, 2.45) is 0 Å². The number of carbonyl (C=O) groups excluding carboxylic acids is 1. The molecule has 0 spiro atoms. The van der Waals surface area contributed by atoms with Gasteiger partial charge in [-0.2, -0.15) is 0 Å². The zero-order chi connectivity index (χ0) is 21.5. The van der Waals surface area contributed by atoms with Crippen molar-refractivity contribution >= 4 is 11.7 Å². The number of halogens is 1. The van der Waals surface area contributed by atoms with E-state index in [1.807, 2.05) is 30.3 Å². The van der Waals surface area contributed by atoms with Gasteiger partial charge in [0, 0.05) is 18.8 Å². The van der Waals surface area contributed by atoms with Crippen molar-refractivity contribution in [2.75, 3.05) is 5.32 Å². The molecule has 1 unspecified atom stereocenters. The summed E-state index contributed by atoms with van der Waals surface area (Å²) >= 11 is 0. The summed E-state index contributed by atoms with van der Waals surface area (Å²) in [5.74, 6) is -0.152. The van der Waals surface area contributed by atoms with E-state index in [-0.39, 0.29) is 24.1 Å². The Labute approximate surface area is 179 Å². The van der Waals surface area contributed by atoms with E-state index in [2.05, 4.69) is 27.6 Å². The molecule has 2 heterocycles. The summed E-state index contributed by atoms with van der Waals surface area (Å²) in [6, 6.07) is 20.1. The summed E-state index contributed by atoms with van der Waals surface area (Å²) in [5, 5.41) is 6.80. The van der Waals surface area contributed by atoms with Crippen molar-refractivity contribution in [1.82, 2.24) is 10.1 Å². The molecule has 6 heteroatoms. The van der Waals surface area contributed by atoms with Crippen LogP contribution >= 0.6 is 0 Å². The van der Waals surface area contributed by atoms with Gasteiger partial charge in [-0.15, -0.1) is 0 Å². The van der Waals surface area contributed by atoms with Crippen LogP contribution < -0.4 is 5.32 Å². The fraction of sp³-hybridized carbons (Fsp3) is 0.160. The molecule has 0 aliphatic rings. The molecular weight excluding hydrogens is 393 g/mol. The number of pyridine rings is 1. The first-order valence-electron chi connectivity index (χ1n) is 10.1. The maximum absolute atomic E-state index is 13.4. The lowest BCUT2D eigenvalue weighted by Gasteiger charge is -2.17. The van der Waals surface area contributed by atoms with Crippen molar-refractivity contribution < 1.29 is 13.7 Å². The minimum absolute atomic E-state index is 0.0583. The molecule has 2 aromatic heterocycles. The molecule has 31 heavy (non-hydrogen) atoms. The van der Waals surface area contributed by atoms with Gasteiger partial charge in [0.25, 0.3) is 0 Å². The lowest BCUT2D eigenvalue weighted by atomic mass is 9.89. The van der Waals surface area contributed by atoms with E-state index in [0.29, 0.717) is 11.4 Å². The lowest BCUT2D eigenvalue weighted by molar-refractivity contribution is -0.116. The number of rotatable bonds is 8. The van der Waals surface area contributed by atoms with Gasteiger partial charge in [0.1, 0.15) is 12.1 Å². The Bertz CT molecular complexity index is 1110. The van der Waals surface area contributed by atoms with Crippen molar-refractivity contribution in [2.45, 2.75) is 25.2 Å². The number of nitrogens with one attached hydrogen (secondary N) is 1. The quantitative estimate of drug-likeness (QED) is 0.405. The summed E-state index contributed by atoms with van der Waals surface area (Å²) in [5.41, 5.74) is 3.68. The van der Waals surface area contributed by atoms with E-state index in [1.54, 1.807) is 24.5 Å². The zero-order valence-electron chi connectivity index (χ0n) is 16.9. The standard InChI is InChI=1S/C25H22FN3O2/c26-22-10-8-19(9-11-22)21(7-6-18-4-2-1-3-5-18)16-24(30)28-25-23(17-31-29-25)20-12-14-27-15-13-20/h1-5,8-15,17,21H,6-7,16H2,(H,28,29,30). The molecular formula is C25H22FN3O2. The minimum Gasteiger partial charge on any atom is -0.362 e. The second-order valence-corrected chi connectivity index (χ2v) is 7.34. The topological polar surface area (TPSA) is 68.0 Å². The summed E-state index contributed by atoms with van der Waals surface area (Å²) in [4.78, 5) is 16.9. The minimum atomic E-state index is -0.292. The second kappa shape index (κ2) is 9.80. The third-order valence-corrected chi connectivity index (χ3v) is 5.22. The van der Waals surface area contributed by atoms with Crippen LogP contribution in [-0.4, -0.2) is 16.0 Å². The lowest BCUT2D eigenvalue weighted by Crippen LogP contribution is -2.17. The van der Waals surface area contributed by atoms with Gasteiger partial charge in [0.2, 0.25) is 5.91 Å². The molecule has 1 amide bonds. The Hall–Kier alpha value is -3.80. The molecule has 4 aromatic rings. The number of anilines is 1. The van der Waals surface area contributed by atoms with E-state index in [4.69, 9.17) is 4.52 Å². The van der Waals surface area contributed by atoms with Crippen molar-refractivity contribution in [3.8, 4) is 11.1 Å². The highest BCUT2D eigenvalue weighted by atomic mass is 19.1. The van der Waals surface area contributed by atoms with Gasteiger partial charge in [0.05, 0.1) is 5.56 Å². The van der Waals surface area contributed by atoms with Gasteiger partial charge >= 0.3 is 0 Å². The largest absolute Gasteiger partial charge is 0.362 e. The SMILES string of the molecule is O=C(CC(CCc1ccccc1)c1ccc(F)cc1)Nc1nocc1-c1ccncc1. The average Bonchev–Trinajstić information content (AvgIpc) is 3.26. The summed E-state index contributed by atoms with van der Waals surface area (Å²) < 4.78 is 18.5. The number of hydrogen-bond acceptors (Lipinski definition) is 4. The van der Waals surface area contributed by atoms with E-state index < -0.39 is 0 Å². The molecule has 2 aromatic carbocycles. The zero-order valence-corrected chi connectivity index (χ0v) is 16.9. The van der Waals surface area contributed by atoms with Crippen LogP contribution in [0, 0.1) is 5.82 Å². The number of aryl methyl sites for hydroxylation is 1. The van der Waals surface area contributed by atoms with Crippen molar-refractivity contribution in [1.29, 1.82) is 0 Å². The average molecular weight is 415 g/mol. The van der Waals surface area contributed by atoms with Gasteiger partial charge < -0.3 is 9.84 Å². The van der Waals surface area contributed by atoms with E-state index >= 15 is 0 Å². The molecule has 5 nitrogen and oxygen atoms in total. The Morgan fingerprint density at radius 3 is 2.48 bits per heavy atom. The maximum Gasteiger partial charge on any atom is 0.226 e. The summed E-state index contributed by atoms with van der Waals surface area (Å²) in [6.45, 7) is 0. The number of hydrogen-bond donors (Lipinski definition) is 1. The molecule has 1 atom stereocenters. The van der Waals surface area contributed by atoms with Gasteiger partial charge in [-0.1, -0.05) is 47.6 Å². The van der Waals surface area contributed by atoms with Gasteiger partial charge in [0.15, 0.2) is 5.82 Å². The van der Waals surface area contributed by atoms with Crippen LogP contribution in [0.5, 0.6) is 0 Å². The van der Waals surface area contributed by atoms with E-state index in [1.165, 1.54) is 24.0 Å². The molecule has 0 saturated heterocycles. The van der Waals surface area contributed by atoms with Gasteiger partial charge in [-0.25, -0.2) is 4.39 Å². The Kier molecular flexibility index (Phi) is 6.47. The van der Waals surface area contributed by atoms with Crippen molar-refractivity contribution in [3.05, 3.63) is 102 Å². The predicted molar refractivity (Wildman–Crippen MR) is 117 cm³/mol. The monoisotopic (exact) mass is 415 g/mol. The smallest absolute Gasteiger partial charge is 0.226 e. The molecule has 0 bridgehead atoms. The molecule has 4 rings (SSSR count). The summed E-state index contributed by atoms with van der Waals surface area (Å²) in [7, 11) is 0. The number of aromatic nitrogens is 2. The highest BCUT2D eigenvalue weighted by Gasteiger charge is 2.19. The third-order valence-electron chi connectivity index (χ3n) is 5.22. The van der Waals surface area contributed by atoms with Crippen LogP contribution in [0.4, 0.5) is 10.2 Å². The first-order valence-corrected chi connectivity index (χ1v) is 10.1. The van der Waals surface area contributed by atoms with Crippen molar-refractivity contribution in [3.63, 3.8) is 0 Å². The first kappa shape index (κ1) is 20.5. The predicted octanol–water partition coefficient (Wildman–Crippen LogP) is 5.62. The van der Waals surface area contributed by atoms with Crippen LogP contribution in [0.1, 0.15) is 29.9 Å². The molecule has 0 saturated carbocycles. The fourth-order valence-corrected chi connectivity index (χ4v) is 3.58. The fourth-order valence-electron chi connectivity index (χ4n) is 3.58. The third kappa shape index (κ3) is 5.42. The Balaban J connectivity index is 1.48. The molecule has 0 aliphatic carbocycles. The molecule has 0 aliphatic heterocycles. The van der Waals surface area contributed by atoms with Crippen LogP contribution in [0.3, 0.4) is 0 Å². The van der Waals surface area contributed by atoms with E-state index in [0.717, 1.165) is 24.0 Å². The normalized spacial score (nSPS) is 11.8. The molecule has 156 valence electrons. The van der Waals surface area contributed by atoms with Crippen LogP contribution in [0.2, 0.25) is 0 Å². The maximum atomic E-state index is 13.4. The Morgan fingerprint density at radius 2 is 1.74 bits per heavy atom. The summed E-state index contributed by atoms with van der Waals surface area (Å²) in [6.07, 6.45) is 6.67. The number of nitrogens with zero attached hydrogens (tertiary/aromatic N) is 2. The van der Waals surface area contributed by atoms with Crippen LogP contribution in [-0.2, 0) is 11.2 Å². The molecule has 0 radical (unpaired) electrons. The number of benzene rings is 2. The molecule has 1 N–H and O–H groups in total. The second-order valence-electron chi connectivity index (χ2n) is 7.34. The van der Waals surface area contributed by atoms with E-state index in [9.17, 15) is 9.18 Å². The highest BCUT2D eigenvalue weighted by Crippen LogP contribution is 2.29. The number of carbonyl (C=O) groups is 1. The Morgan fingerprint density at radius 1 is 1.00 bits per heavy atom. The van der Waals surface area contributed by atoms with Crippen LogP contribution in [0.25, 0.3) is 11.1 Å². The van der Waals surface area contributed by atoms with Gasteiger partial charge in [-0.05, 0) is 59.7 Å². The molecule has 0 fully saturated rings. The highest BCUT2D eigenvalue weighted by molar-refractivity contribution is 5.94. The van der Waals surface area contributed by atoms with Gasteiger partial charge in [-0.3, -0.25) is 9.78 Å².